The zero-order valence-electron chi connectivity index (χ0n) is 9.47. The van der Waals surface area contributed by atoms with Crippen molar-refractivity contribution in [3.8, 4) is 0 Å². The lowest BCUT2D eigenvalue weighted by atomic mass is 9.80. The molecular weight excluding hydrogens is 172 g/mol. The van der Waals surface area contributed by atoms with Crippen molar-refractivity contribution < 1.29 is 0 Å². The van der Waals surface area contributed by atoms with Gasteiger partial charge in [-0.15, -0.1) is 0 Å². The van der Waals surface area contributed by atoms with Crippen LogP contribution in [0, 0.1) is 5.41 Å². The molecule has 1 heterocycles. The molecule has 0 spiro atoms. The Labute approximate surface area is 87.8 Å². The van der Waals surface area contributed by atoms with E-state index in [0.29, 0.717) is 5.41 Å². The van der Waals surface area contributed by atoms with Crippen LogP contribution in [0.25, 0.3) is 0 Å². The molecule has 0 amide bonds. The second-order valence-electron chi connectivity index (χ2n) is 5.49. The molecule has 2 N–H and O–H groups in total. The van der Waals surface area contributed by atoms with Gasteiger partial charge in [0.1, 0.15) is 0 Å². The van der Waals surface area contributed by atoms with Crippen molar-refractivity contribution in [2.75, 3.05) is 19.6 Å². The predicted molar refractivity (Wildman–Crippen MR) is 60.2 cm³/mol. The summed E-state index contributed by atoms with van der Waals surface area (Å²) in [5.74, 6) is 0. The van der Waals surface area contributed by atoms with Crippen molar-refractivity contribution in [2.24, 2.45) is 11.1 Å². The highest BCUT2D eigenvalue weighted by Gasteiger charge is 2.32. The van der Waals surface area contributed by atoms with Gasteiger partial charge in [0, 0.05) is 6.04 Å². The average molecular weight is 196 g/mol. The molecular formula is C12H24N2. The van der Waals surface area contributed by atoms with Gasteiger partial charge in [-0.1, -0.05) is 19.8 Å². The van der Waals surface area contributed by atoms with Crippen LogP contribution in [0.4, 0.5) is 0 Å². The maximum Gasteiger partial charge on any atom is 0.00952 e. The molecule has 2 aliphatic rings. The predicted octanol–water partition coefficient (Wildman–Crippen LogP) is 1.99. The molecule has 2 fully saturated rings. The first kappa shape index (κ1) is 10.4. The summed E-state index contributed by atoms with van der Waals surface area (Å²) < 4.78 is 0. The first-order valence-corrected chi connectivity index (χ1v) is 6.18. The van der Waals surface area contributed by atoms with E-state index in [0.717, 1.165) is 12.6 Å². The minimum Gasteiger partial charge on any atom is -0.330 e. The molecule has 0 atom stereocenters. The summed E-state index contributed by atoms with van der Waals surface area (Å²) >= 11 is 0. The van der Waals surface area contributed by atoms with E-state index in [-0.39, 0.29) is 0 Å². The Balaban J connectivity index is 1.83. The molecule has 2 nitrogen and oxygen atoms in total. The highest BCUT2D eigenvalue weighted by Crippen LogP contribution is 2.33. The summed E-state index contributed by atoms with van der Waals surface area (Å²) in [5, 5.41) is 0. The molecule has 1 aliphatic carbocycles. The van der Waals surface area contributed by atoms with E-state index in [4.69, 9.17) is 5.73 Å². The van der Waals surface area contributed by atoms with Gasteiger partial charge in [0.25, 0.3) is 0 Å². The summed E-state index contributed by atoms with van der Waals surface area (Å²) in [7, 11) is 0. The molecule has 1 saturated carbocycles. The molecule has 14 heavy (non-hydrogen) atoms. The minimum absolute atomic E-state index is 0.440. The third kappa shape index (κ3) is 2.12. The van der Waals surface area contributed by atoms with Gasteiger partial charge >= 0.3 is 0 Å². The highest BCUT2D eigenvalue weighted by molar-refractivity contribution is 4.87. The topological polar surface area (TPSA) is 29.3 Å². The van der Waals surface area contributed by atoms with Gasteiger partial charge in [0.2, 0.25) is 0 Å². The van der Waals surface area contributed by atoms with Crippen molar-refractivity contribution >= 4 is 0 Å². The molecule has 0 aromatic rings. The van der Waals surface area contributed by atoms with Crippen LogP contribution in [0.1, 0.15) is 45.4 Å². The van der Waals surface area contributed by atoms with Crippen LogP contribution in [0.15, 0.2) is 0 Å². The quantitative estimate of drug-likeness (QED) is 0.732. The number of nitrogens with two attached hydrogens (primary N) is 1. The van der Waals surface area contributed by atoms with Gasteiger partial charge in [-0.2, -0.15) is 0 Å². The molecule has 1 saturated heterocycles. The summed E-state index contributed by atoms with van der Waals surface area (Å²) in [6.07, 6.45) is 8.41. The lowest BCUT2D eigenvalue weighted by molar-refractivity contribution is 0.0899. The van der Waals surface area contributed by atoms with Crippen molar-refractivity contribution in [3.63, 3.8) is 0 Å². The van der Waals surface area contributed by atoms with Gasteiger partial charge in [0.05, 0.1) is 0 Å². The molecule has 0 bridgehead atoms. The smallest absolute Gasteiger partial charge is 0.00952 e. The molecule has 2 rings (SSSR count). The number of nitrogens with zero attached hydrogens (tertiary/aromatic N) is 1. The first-order chi connectivity index (χ1) is 6.73. The van der Waals surface area contributed by atoms with Gasteiger partial charge in [0.15, 0.2) is 0 Å². The fourth-order valence-corrected chi connectivity index (χ4v) is 2.90. The van der Waals surface area contributed by atoms with E-state index in [1.165, 1.54) is 51.6 Å². The molecule has 0 aromatic carbocycles. The molecule has 82 valence electrons. The summed E-state index contributed by atoms with van der Waals surface area (Å²) in [5.41, 5.74) is 6.26. The van der Waals surface area contributed by atoms with E-state index < -0.39 is 0 Å². The van der Waals surface area contributed by atoms with Crippen LogP contribution in [-0.2, 0) is 0 Å². The Morgan fingerprint density at radius 2 is 1.79 bits per heavy atom. The summed E-state index contributed by atoms with van der Waals surface area (Å²) in [4.78, 5) is 2.71. The number of hydrogen-bond donors (Lipinski definition) is 1. The van der Waals surface area contributed by atoms with E-state index in [9.17, 15) is 0 Å². The Kier molecular flexibility index (Phi) is 3.13. The fourth-order valence-electron chi connectivity index (χ4n) is 2.90. The molecule has 2 heteroatoms. The maximum atomic E-state index is 5.82. The van der Waals surface area contributed by atoms with Crippen molar-refractivity contribution in [1.82, 2.24) is 4.90 Å². The van der Waals surface area contributed by atoms with Crippen LogP contribution in [0.5, 0.6) is 0 Å². The molecule has 0 radical (unpaired) electrons. The number of hydrogen-bond acceptors (Lipinski definition) is 2. The minimum atomic E-state index is 0.440. The normalized spacial score (nSPS) is 29.6. The number of rotatable bonds is 2. The van der Waals surface area contributed by atoms with Crippen LogP contribution < -0.4 is 5.73 Å². The second-order valence-corrected chi connectivity index (χ2v) is 5.49. The first-order valence-electron chi connectivity index (χ1n) is 6.18. The zero-order valence-corrected chi connectivity index (χ0v) is 9.47. The van der Waals surface area contributed by atoms with Crippen LogP contribution in [0.3, 0.4) is 0 Å². The van der Waals surface area contributed by atoms with Crippen LogP contribution >= 0.6 is 0 Å². The maximum absolute atomic E-state index is 5.82. The molecule has 0 unspecified atom stereocenters. The second kappa shape index (κ2) is 4.19. The monoisotopic (exact) mass is 196 g/mol. The Morgan fingerprint density at radius 1 is 1.21 bits per heavy atom. The fraction of sp³-hybridized carbons (Fsp3) is 1.00. The van der Waals surface area contributed by atoms with Gasteiger partial charge in [-0.25, -0.2) is 0 Å². The highest BCUT2D eigenvalue weighted by atomic mass is 15.2. The Hall–Kier alpha value is -0.0800. The average Bonchev–Trinajstić information content (AvgIpc) is 2.72. The third-order valence-electron chi connectivity index (χ3n) is 4.34. The SMILES string of the molecule is CC1(CN)CCN(C2CCCC2)CC1. The lowest BCUT2D eigenvalue weighted by Crippen LogP contribution is -2.45. The zero-order chi connectivity index (χ0) is 10.0. The van der Waals surface area contributed by atoms with E-state index in [1.54, 1.807) is 0 Å². The largest absolute Gasteiger partial charge is 0.330 e. The molecule has 1 aliphatic heterocycles. The Bertz CT molecular complexity index is 177. The lowest BCUT2D eigenvalue weighted by Gasteiger charge is -2.41. The van der Waals surface area contributed by atoms with Crippen LogP contribution in [-0.4, -0.2) is 30.6 Å². The third-order valence-corrected chi connectivity index (χ3v) is 4.34. The van der Waals surface area contributed by atoms with Gasteiger partial charge in [-0.3, -0.25) is 0 Å². The number of piperidine rings is 1. The molecule has 0 aromatic heterocycles. The van der Waals surface area contributed by atoms with Gasteiger partial charge < -0.3 is 10.6 Å². The van der Waals surface area contributed by atoms with Crippen molar-refractivity contribution in [1.29, 1.82) is 0 Å². The standard InChI is InChI=1S/C12H24N2/c1-12(10-13)6-8-14(9-7-12)11-4-2-3-5-11/h11H,2-10,13H2,1H3. The van der Waals surface area contributed by atoms with E-state index in [1.807, 2.05) is 0 Å². The summed E-state index contributed by atoms with van der Waals surface area (Å²) in [6, 6.07) is 0.914. The van der Waals surface area contributed by atoms with Crippen LogP contribution in [0.2, 0.25) is 0 Å². The summed E-state index contributed by atoms with van der Waals surface area (Å²) in [6.45, 7) is 5.79. The number of likely N-dealkylation sites (tertiary alicyclic amines) is 1. The van der Waals surface area contributed by atoms with E-state index in [2.05, 4.69) is 11.8 Å². The van der Waals surface area contributed by atoms with Crippen molar-refractivity contribution in [3.05, 3.63) is 0 Å². The Morgan fingerprint density at radius 3 is 2.29 bits per heavy atom. The van der Waals surface area contributed by atoms with Crippen molar-refractivity contribution in [2.45, 2.75) is 51.5 Å². The van der Waals surface area contributed by atoms with Gasteiger partial charge in [-0.05, 0) is 50.7 Å². The van der Waals surface area contributed by atoms with E-state index >= 15 is 0 Å².